The zero-order valence-corrected chi connectivity index (χ0v) is 19.6. The molecule has 2 amide bonds. The summed E-state index contributed by atoms with van der Waals surface area (Å²) in [6.07, 6.45) is 0.740. The summed E-state index contributed by atoms with van der Waals surface area (Å²) in [4.78, 5) is 32.5. The number of benzene rings is 2. The number of hydrogen-bond donors (Lipinski definition) is 1. The van der Waals surface area contributed by atoms with E-state index in [9.17, 15) is 9.59 Å². The molecule has 33 heavy (non-hydrogen) atoms. The molecular weight excluding hydrogens is 416 g/mol. The Hall–Kier alpha value is -3.16. The summed E-state index contributed by atoms with van der Waals surface area (Å²) < 4.78 is 5.40. The van der Waals surface area contributed by atoms with E-state index in [4.69, 9.17) is 4.74 Å². The average Bonchev–Trinajstić information content (AvgIpc) is 3.05. The summed E-state index contributed by atoms with van der Waals surface area (Å²) >= 11 is 0. The van der Waals surface area contributed by atoms with E-state index in [-0.39, 0.29) is 11.8 Å². The number of rotatable bonds is 8. The molecule has 174 valence electrons. The molecule has 2 aliphatic rings. The SMILES string of the molecule is Cc1ccc(C2=C(Nc3ccc(N(C)C)cc3)C(=O)N(CCCN3CCOCC3)C2=O)cc1. The van der Waals surface area contributed by atoms with Gasteiger partial charge in [0, 0.05) is 51.6 Å². The number of imide groups is 1. The molecular formula is C26H32N4O3. The maximum atomic E-state index is 13.4. The summed E-state index contributed by atoms with van der Waals surface area (Å²) in [6, 6.07) is 15.6. The molecule has 2 heterocycles. The first-order valence-electron chi connectivity index (χ1n) is 11.5. The van der Waals surface area contributed by atoms with Crippen molar-refractivity contribution in [2.75, 3.05) is 63.7 Å². The van der Waals surface area contributed by atoms with Gasteiger partial charge in [-0.15, -0.1) is 0 Å². The molecule has 1 N–H and O–H groups in total. The van der Waals surface area contributed by atoms with Crippen molar-refractivity contribution in [2.24, 2.45) is 0 Å². The maximum absolute atomic E-state index is 13.4. The van der Waals surface area contributed by atoms with Crippen LogP contribution in [0, 0.1) is 6.92 Å². The molecule has 2 aromatic carbocycles. The Morgan fingerprint density at radius 3 is 2.21 bits per heavy atom. The van der Waals surface area contributed by atoms with Crippen LogP contribution in [0.4, 0.5) is 11.4 Å². The minimum atomic E-state index is -0.269. The number of anilines is 2. The van der Waals surface area contributed by atoms with Crippen molar-refractivity contribution in [3.05, 3.63) is 65.4 Å². The minimum absolute atomic E-state index is 0.238. The third kappa shape index (κ3) is 5.26. The highest BCUT2D eigenvalue weighted by molar-refractivity contribution is 6.36. The van der Waals surface area contributed by atoms with Gasteiger partial charge in [-0.25, -0.2) is 0 Å². The number of carbonyl (C=O) groups excluding carboxylic acids is 2. The Kier molecular flexibility index (Phi) is 7.11. The minimum Gasteiger partial charge on any atom is -0.379 e. The lowest BCUT2D eigenvalue weighted by Gasteiger charge is -2.27. The number of morpholine rings is 1. The molecule has 0 saturated carbocycles. The molecule has 7 nitrogen and oxygen atoms in total. The molecule has 1 fully saturated rings. The van der Waals surface area contributed by atoms with E-state index in [1.165, 1.54) is 4.90 Å². The molecule has 0 unspecified atom stereocenters. The van der Waals surface area contributed by atoms with Gasteiger partial charge in [0.05, 0.1) is 18.8 Å². The predicted molar refractivity (Wildman–Crippen MR) is 131 cm³/mol. The zero-order valence-electron chi connectivity index (χ0n) is 19.6. The highest BCUT2D eigenvalue weighted by atomic mass is 16.5. The highest BCUT2D eigenvalue weighted by Gasteiger charge is 2.38. The van der Waals surface area contributed by atoms with Crippen LogP contribution in [0.15, 0.2) is 54.2 Å². The molecule has 0 aliphatic carbocycles. The third-order valence-electron chi connectivity index (χ3n) is 6.12. The number of ether oxygens (including phenoxy) is 1. The van der Waals surface area contributed by atoms with Gasteiger partial charge in [-0.05, 0) is 43.2 Å². The van der Waals surface area contributed by atoms with Gasteiger partial charge >= 0.3 is 0 Å². The number of aryl methyl sites for hydroxylation is 1. The lowest BCUT2D eigenvalue weighted by atomic mass is 10.0. The second kappa shape index (κ2) is 10.2. The van der Waals surface area contributed by atoms with E-state index in [1.54, 1.807) is 0 Å². The lowest BCUT2D eigenvalue weighted by Crippen LogP contribution is -2.39. The van der Waals surface area contributed by atoms with Gasteiger partial charge in [0.2, 0.25) is 0 Å². The van der Waals surface area contributed by atoms with Gasteiger partial charge in [-0.3, -0.25) is 19.4 Å². The van der Waals surface area contributed by atoms with Crippen LogP contribution in [-0.2, 0) is 14.3 Å². The summed E-state index contributed by atoms with van der Waals surface area (Å²) in [6.45, 7) is 6.51. The molecule has 0 aromatic heterocycles. The van der Waals surface area contributed by atoms with Gasteiger partial charge in [0.1, 0.15) is 5.70 Å². The smallest absolute Gasteiger partial charge is 0.278 e. The van der Waals surface area contributed by atoms with Crippen molar-refractivity contribution in [3.63, 3.8) is 0 Å². The Morgan fingerprint density at radius 1 is 0.909 bits per heavy atom. The standard InChI is InChI=1S/C26H32N4O3/c1-19-5-7-20(8-6-19)23-24(27-21-9-11-22(12-10-21)28(2)3)26(32)30(25(23)31)14-4-13-29-15-17-33-18-16-29/h5-12,27H,4,13-18H2,1-3H3. The van der Waals surface area contributed by atoms with Crippen LogP contribution in [-0.4, -0.2) is 75.1 Å². The lowest BCUT2D eigenvalue weighted by molar-refractivity contribution is -0.136. The van der Waals surface area contributed by atoms with E-state index < -0.39 is 0 Å². The number of hydrogen-bond acceptors (Lipinski definition) is 6. The van der Waals surface area contributed by atoms with Crippen molar-refractivity contribution in [1.29, 1.82) is 0 Å². The summed E-state index contributed by atoms with van der Waals surface area (Å²) in [5.74, 6) is -0.507. The van der Waals surface area contributed by atoms with Crippen molar-refractivity contribution < 1.29 is 14.3 Å². The van der Waals surface area contributed by atoms with E-state index >= 15 is 0 Å². The van der Waals surface area contributed by atoms with Crippen LogP contribution in [0.5, 0.6) is 0 Å². The second-order valence-electron chi connectivity index (χ2n) is 8.75. The van der Waals surface area contributed by atoms with Crippen molar-refractivity contribution in [1.82, 2.24) is 9.80 Å². The van der Waals surface area contributed by atoms with Crippen molar-refractivity contribution in [2.45, 2.75) is 13.3 Å². The van der Waals surface area contributed by atoms with Crippen LogP contribution in [0.1, 0.15) is 17.5 Å². The summed E-state index contributed by atoms with van der Waals surface area (Å²) in [7, 11) is 3.96. The third-order valence-corrected chi connectivity index (χ3v) is 6.12. The molecule has 1 saturated heterocycles. The Bertz CT molecular complexity index is 1020. The van der Waals surface area contributed by atoms with Gasteiger partial charge in [-0.2, -0.15) is 0 Å². The van der Waals surface area contributed by atoms with E-state index in [0.29, 0.717) is 17.8 Å². The molecule has 0 radical (unpaired) electrons. The predicted octanol–water partition coefficient (Wildman–Crippen LogP) is 2.98. The van der Waals surface area contributed by atoms with Crippen LogP contribution in [0.3, 0.4) is 0 Å². The van der Waals surface area contributed by atoms with Gasteiger partial charge in [0.25, 0.3) is 11.8 Å². The van der Waals surface area contributed by atoms with Crippen molar-refractivity contribution >= 4 is 28.8 Å². The van der Waals surface area contributed by atoms with E-state index in [1.807, 2.05) is 74.4 Å². The number of carbonyl (C=O) groups is 2. The van der Waals surface area contributed by atoms with Crippen LogP contribution >= 0.6 is 0 Å². The largest absolute Gasteiger partial charge is 0.379 e. The molecule has 4 rings (SSSR count). The number of nitrogens with zero attached hydrogens (tertiary/aromatic N) is 3. The van der Waals surface area contributed by atoms with Crippen LogP contribution < -0.4 is 10.2 Å². The number of amides is 2. The van der Waals surface area contributed by atoms with Crippen molar-refractivity contribution in [3.8, 4) is 0 Å². The van der Waals surface area contributed by atoms with E-state index in [0.717, 1.165) is 61.8 Å². The zero-order chi connectivity index (χ0) is 23.4. The topological polar surface area (TPSA) is 65.1 Å². The van der Waals surface area contributed by atoms with Gasteiger partial charge in [0.15, 0.2) is 0 Å². The van der Waals surface area contributed by atoms with Gasteiger partial charge in [-0.1, -0.05) is 29.8 Å². The first-order valence-corrected chi connectivity index (χ1v) is 11.5. The first kappa shape index (κ1) is 23.0. The normalized spacial score (nSPS) is 17.1. The monoisotopic (exact) mass is 448 g/mol. The average molecular weight is 449 g/mol. The van der Waals surface area contributed by atoms with Crippen LogP contribution in [0.25, 0.3) is 5.57 Å². The van der Waals surface area contributed by atoms with Crippen LogP contribution in [0.2, 0.25) is 0 Å². The fourth-order valence-corrected chi connectivity index (χ4v) is 4.15. The van der Waals surface area contributed by atoms with E-state index in [2.05, 4.69) is 10.2 Å². The molecule has 7 heteroatoms. The van der Waals surface area contributed by atoms with Gasteiger partial charge < -0.3 is 15.0 Å². The Morgan fingerprint density at radius 2 is 1.58 bits per heavy atom. The molecule has 0 atom stereocenters. The first-order chi connectivity index (χ1) is 15.9. The summed E-state index contributed by atoms with van der Waals surface area (Å²) in [5.41, 5.74) is 4.47. The maximum Gasteiger partial charge on any atom is 0.278 e. The fraction of sp³-hybridized carbons (Fsp3) is 0.385. The quantitative estimate of drug-likeness (QED) is 0.627. The highest BCUT2D eigenvalue weighted by Crippen LogP contribution is 2.31. The Labute approximate surface area is 195 Å². The number of nitrogens with one attached hydrogen (secondary N) is 1. The fourth-order valence-electron chi connectivity index (χ4n) is 4.15. The molecule has 2 aliphatic heterocycles. The molecule has 0 spiro atoms. The second-order valence-corrected chi connectivity index (χ2v) is 8.75. The summed E-state index contributed by atoms with van der Waals surface area (Å²) in [5, 5.41) is 3.24. The molecule has 0 bridgehead atoms. The Balaban J connectivity index is 1.55. The molecule has 2 aromatic rings.